The van der Waals surface area contributed by atoms with Crippen LogP contribution in [0.5, 0.6) is 5.75 Å². The van der Waals surface area contributed by atoms with E-state index in [1.54, 1.807) is 21.0 Å². The van der Waals surface area contributed by atoms with E-state index in [4.69, 9.17) is 4.74 Å². The molecule has 1 N–H and O–H groups in total. The third kappa shape index (κ3) is 3.05. The second kappa shape index (κ2) is 6.06. The number of hydrogen-bond donors (Lipinski definition) is 1. The van der Waals surface area contributed by atoms with E-state index in [1.165, 1.54) is 11.1 Å². The highest BCUT2D eigenvalue weighted by Crippen LogP contribution is 2.31. The molecule has 4 heteroatoms. The average molecular weight is 291 g/mol. The smallest absolute Gasteiger partial charge is 0.323 e. The lowest BCUT2D eigenvalue weighted by Crippen LogP contribution is -2.56. The Morgan fingerprint density at radius 2 is 2.14 bits per heavy atom. The second-order valence-electron chi connectivity index (χ2n) is 6.18. The van der Waals surface area contributed by atoms with Crippen LogP contribution in [0.25, 0.3) is 0 Å². The number of fused-ring (bicyclic) bond motifs is 1. The number of carboxylic acid groups (broad SMARTS) is 1. The third-order valence-electron chi connectivity index (χ3n) is 4.64. The molecule has 0 fully saturated rings. The molecule has 0 saturated carbocycles. The molecule has 1 aromatic rings. The van der Waals surface area contributed by atoms with Crippen molar-refractivity contribution in [1.29, 1.82) is 0 Å². The molecule has 1 aliphatic rings. The topological polar surface area (TPSA) is 49.8 Å². The highest BCUT2D eigenvalue weighted by Gasteiger charge is 2.38. The molecule has 0 heterocycles. The highest BCUT2D eigenvalue weighted by molar-refractivity contribution is 5.77. The SMILES string of the molecule is CCN(C1CCc2ccc(OC)cc2C1)C(C)(C)C(=O)O. The van der Waals surface area contributed by atoms with Crippen LogP contribution in [-0.4, -0.2) is 41.2 Å². The number of likely N-dealkylation sites (N-methyl/N-ethyl adjacent to an activating group) is 1. The lowest BCUT2D eigenvalue weighted by Gasteiger charge is -2.42. The fourth-order valence-electron chi connectivity index (χ4n) is 3.34. The van der Waals surface area contributed by atoms with Gasteiger partial charge in [0.05, 0.1) is 7.11 Å². The van der Waals surface area contributed by atoms with Crippen LogP contribution in [0, 0.1) is 0 Å². The summed E-state index contributed by atoms with van der Waals surface area (Å²) in [5.41, 5.74) is 1.80. The molecule has 0 radical (unpaired) electrons. The third-order valence-corrected chi connectivity index (χ3v) is 4.64. The molecule has 0 amide bonds. The largest absolute Gasteiger partial charge is 0.497 e. The van der Waals surface area contributed by atoms with Crippen molar-refractivity contribution < 1.29 is 14.6 Å². The van der Waals surface area contributed by atoms with Gasteiger partial charge in [-0.05, 0) is 62.9 Å². The first-order valence-electron chi connectivity index (χ1n) is 7.56. The molecule has 1 atom stereocenters. The molecule has 2 rings (SSSR count). The Balaban J connectivity index is 2.24. The van der Waals surface area contributed by atoms with Gasteiger partial charge in [-0.15, -0.1) is 0 Å². The van der Waals surface area contributed by atoms with Crippen LogP contribution in [-0.2, 0) is 17.6 Å². The first-order chi connectivity index (χ1) is 9.90. The Morgan fingerprint density at radius 1 is 1.43 bits per heavy atom. The molecule has 1 aromatic carbocycles. The summed E-state index contributed by atoms with van der Waals surface area (Å²) in [6, 6.07) is 6.48. The van der Waals surface area contributed by atoms with Gasteiger partial charge < -0.3 is 9.84 Å². The average Bonchev–Trinajstić information content (AvgIpc) is 2.46. The number of rotatable bonds is 5. The van der Waals surface area contributed by atoms with Gasteiger partial charge in [-0.1, -0.05) is 13.0 Å². The molecule has 21 heavy (non-hydrogen) atoms. The molecular weight excluding hydrogens is 266 g/mol. The number of ether oxygens (including phenoxy) is 1. The molecule has 0 aliphatic heterocycles. The lowest BCUT2D eigenvalue weighted by molar-refractivity contribution is -0.151. The maximum Gasteiger partial charge on any atom is 0.323 e. The molecule has 116 valence electrons. The first kappa shape index (κ1) is 15.8. The summed E-state index contributed by atoms with van der Waals surface area (Å²) in [5, 5.41) is 9.49. The summed E-state index contributed by atoms with van der Waals surface area (Å²) in [6.45, 7) is 6.36. The van der Waals surface area contributed by atoms with Crippen LogP contribution in [0.1, 0.15) is 38.3 Å². The van der Waals surface area contributed by atoms with Gasteiger partial charge >= 0.3 is 5.97 Å². The minimum atomic E-state index is -0.838. The molecule has 4 nitrogen and oxygen atoms in total. The summed E-state index contributed by atoms with van der Waals surface area (Å²) in [5.74, 6) is 0.107. The van der Waals surface area contributed by atoms with Gasteiger partial charge in [0.15, 0.2) is 0 Å². The zero-order valence-electron chi connectivity index (χ0n) is 13.3. The molecule has 0 spiro atoms. The minimum Gasteiger partial charge on any atom is -0.497 e. The van der Waals surface area contributed by atoms with E-state index in [9.17, 15) is 9.90 Å². The van der Waals surface area contributed by atoms with E-state index in [-0.39, 0.29) is 6.04 Å². The fourth-order valence-corrected chi connectivity index (χ4v) is 3.34. The summed E-state index contributed by atoms with van der Waals surface area (Å²) >= 11 is 0. The van der Waals surface area contributed by atoms with Crippen molar-refractivity contribution in [3.05, 3.63) is 29.3 Å². The number of carbonyl (C=O) groups is 1. The van der Waals surface area contributed by atoms with Gasteiger partial charge in [0.2, 0.25) is 0 Å². The Morgan fingerprint density at radius 3 is 2.71 bits per heavy atom. The van der Waals surface area contributed by atoms with Gasteiger partial charge in [-0.2, -0.15) is 0 Å². The van der Waals surface area contributed by atoms with Crippen molar-refractivity contribution in [3.63, 3.8) is 0 Å². The Bertz CT molecular complexity index is 525. The zero-order valence-corrected chi connectivity index (χ0v) is 13.3. The standard InChI is InChI=1S/C17H25NO3/c1-5-18(17(2,3)16(19)20)14-8-6-12-7-9-15(21-4)11-13(12)10-14/h7,9,11,14H,5-6,8,10H2,1-4H3,(H,19,20). The van der Waals surface area contributed by atoms with Gasteiger partial charge in [0.1, 0.15) is 11.3 Å². The molecule has 0 aromatic heterocycles. The van der Waals surface area contributed by atoms with E-state index < -0.39 is 11.5 Å². The first-order valence-corrected chi connectivity index (χ1v) is 7.56. The molecule has 0 saturated heterocycles. The Kier molecular flexibility index (Phi) is 4.57. The molecule has 1 aliphatic carbocycles. The number of aliphatic carboxylic acids is 1. The van der Waals surface area contributed by atoms with Crippen molar-refractivity contribution >= 4 is 5.97 Å². The van der Waals surface area contributed by atoms with Crippen LogP contribution in [0.15, 0.2) is 18.2 Å². The van der Waals surface area contributed by atoms with Crippen LogP contribution in [0.2, 0.25) is 0 Å². The number of nitrogens with zero attached hydrogens (tertiary/aromatic N) is 1. The summed E-state index contributed by atoms with van der Waals surface area (Å²) < 4.78 is 5.30. The fraction of sp³-hybridized carbons (Fsp3) is 0.588. The maximum absolute atomic E-state index is 11.5. The van der Waals surface area contributed by atoms with E-state index >= 15 is 0 Å². The number of benzene rings is 1. The molecule has 0 bridgehead atoms. The van der Waals surface area contributed by atoms with Crippen molar-refractivity contribution in [1.82, 2.24) is 4.90 Å². The normalized spacial score (nSPS) is 18.4. The predicted octanol–water partition coefficient (Wildman–Crippen LogP) is 2.74. The van der Waals surface area contributed by atoms with Crippen LogP contribution < -0.4 is 4.74 Å². The number of methoxy groups -OCH3 is 1. The number of aryl methyl sites for hydroxylation is 1. The van der Waals surface area contributed by atoms with Gasteiger partial charge in [0, 0.05) is 6.04 Å². The van der Waals surface area contributed by atoms with Crippen LogP contribution >= 0.6 is 0 Å². The summed E-state index contributed by atoms with van der Waals surface area (Å²) in [6.07, 6.45) is 2.89. The van der Waals surface area contributed by atoms with E-state index in [0.29, 0.717) is 0 Å². The predicted molar refractivity (Wildman–Crippen MR) is 82.9 cm³/mol. The summed E-state index contributed by atoms with van der Waals surface area (Å²) in [4.78, 5) is 13.7. The van der Waals surface area contributed by atoms with Gasteiger partial charge in [-0.25, -0.2) is 0 Å². The monoisotopic (exact) mass is 291 g/mol. The Hall–Kier alpha value is -1.55. The zero-order chi connectivity index (χ0) is 15.6. The molecular formula is C17H25NO3. The quantitative estimate of drug-likeness (QED) is 0.906. The molecule has 1 unspecified atom stereocenters. The van der Waals surface area contributed by atoms with Crippen LogP contribution in [0.3, 0.4) is 0 Å². The van der Waals surface area contributed by atoms with E-state index in [2.05, 4.69) is 17.0 Å². The van der Waals surface area contributed by atoms with E-state index in [0.717, 1.165) is 31.6 Å². The van der Waals surface area contributed by atoms with Crippen molar-refractivity contribution in [2.24, 2.45) is 0 Å². The minimum absolute atomic E-state index is 0.265. The number of carboxylic acids is 1. The summed E-state index contributed by atoms with van der Waals surface area (Å²) in [7, 11) is 1.67. The van der Waals surface area contributed by atoms with Gasteiger partial charge in [-0.3, -0.25) is 9.69 Å². The van der Waals surface area contributed by atoms with Crippen molar-refractivity contribution in [2.75, 3.05) is 13.7 Å². The van der Waals surface area contributed by atoms with Crippen molar-refractivity contribution in [2.45, 2.75) is 51.6 Å². The van der Waals surface area contributed by atoms with Gasteiger partial charge in [0.25, 0.3) is 0 Å². The van der Waals surface area contributed by atoms with E-state index in [1.807, 2.05) is 13.0 Å². The Labute approximate surface area is 126 Å². The maximum atomic E-state index is 11.5. The lowest BCUT2D eigenvalue weighted by atomic mass is 9.85. The highest BCUT2D eigenvalue weighted by atomic mass is 16.5. The van der Waals surface area contributed by atoms with Crippen molar-refractivity contribution in [3.8, 4) is 5.75 Å². The van der Waals surface area contributed by atoms with Crippen LogP contribution in [0.4, 0.5) is 0 Å². The number of hydrogen-bond acceptors (Lipinski definition) is 3. The second-order valence-corrected chi connectivity index (χ2v) is 6.18.